The molecular formula is C19H17ClN6O5. The molecule has 0 aliphatic carbocycles. The molecule has 1 aliphatic rings. The minimum Gasteiger partial charge on any atom is -0.484 e. The lowest BCUT2D eigenvalue weighted by molar-refractivity contribution is 0.161. The Labute approximate surface area is 180 Å². The van der Waals surface area contributed by atoms with Crippen LogP contribution in [0.4, 0.5) is 10.5 Å². The summed E-state index contributed by atoms with van der Waals surface area (Å²) in [6, 6.07) is 3.59. The number of nitrogen functional groups attached to an aromatic ring is 1. The molecule has 1 aliphatic heterocycles. The van der Waals surface area contributed by atoms with Gasteiger partial charge >= 0.3 is 6.09 Å². The number of nitrogens with zero attached hydrogens (tertiary/aromatic N) is 3. The first-order valence-corrected chi connectivity index (χ1v) is 9.53. The number of fused-ring (bicyclic) bond motifs is 1. The molecule has 0 spiro atoms. The van der Waals surface area contributed by atoms with Crippen LogP contribution in [0.3, 0.4) is 0 Å². The van der Waals surface area contributed by atoms with Crippen molar-refractivity contribution in [3.05, 3.63) is 51.9 Å². The van der Waals surface area contributed by atoms with Gasteiger partial charge in [-0.05, 0) is 13.0 Å². The molecule has 3 aromatic rings. The monoisotopic (exact) mass is 444 g/mol. The van der Waals surface area contributed by atoms with Gasteiger partial charge in [-0.15, -0.1) is 0 Å². The number of ether oxygens (including phenoxy) is 3. The molecule has 0 fully saturated rings. The number of halogens is 1. The standard InChI is InChI=1S/C19H17ClN6O5/c1-9(18-25-12(7-14(27)26-18)11-2-3-22-8-23-11)24-19(28)31-13-6-10(20)15(21)17-16(13)29-4-5-30-17/h2-3,6-9H,4-5,21H2,1H3,(H,24,28)(H,25,26,27). The summed E-state index contributed by atoms with van der Waals surface area (Å²) < 4.78 is 16.3. The Bertz CT molecular complexity index is 1190. The SMILES string of the molecule is CC(NC(=O)Oc1cc(Cl)c(N)c2c1OCCO2)c1nc(-c2ccncn2)cc(=O)[nH]1. The lowest BCUT2D eigenvalue weighted by Gasteiger charge is -2.23. The molecule has 11 nitrogen and oxygen atoms in total. The average molecular weight is 445 g/mol. The number of carbonyl (C=O) groups is 1. The molecule has 31 heavy (non-hydrogen) atoms. The minimum absolute atomic E-state index is 0.0507. The second-order valence-corrected chi connectivity index (χ2v) is 6.90. The van der Waals surface area contributed by atoms with Crippen LogP contribution in [0.1, 0.15) is 18.8 Å². The largest absolute Gasteiger partial charge is 0.484 e. The maximum Gasteiger partial charge on any atom is 0.413 e. The Balaban J connectivity index is 1.53. The van der Waals surface area contributed by atoms with Crippen molar-refractivity contribution in [3.63, 3.8) is 0 Å². The molecule has 2 aromatic heterocycles. The number of rotatable bonds is 4. The van der Waals surface area contributed by atoms with Gasteiger partial charge in [-0.2, -0.15) is 0 Å². The van der Waals surface area contributed by atoms with E-state index in [0.29, 0.717) is 18.0 Å². The Hall–Kier alpha value is -3.86. The van der Waals surface area contributed by atoms with Crippen molar-refractivity contribution in [1.29, 1.82) is 0 Å². The van der Waals surface area contributed by atoms with Crippen molar-refractivity contribution in [2.75, 3.05) is 18.9 Å². The van der Waals surface area contributed by atoms with Gasteiger partial charge in [0.2, 0.25) is 5.75 Å². The number of H-pyrrole nitrogens is 1. The Morgan fingerprint density at radius 1 is 1.29 bits per heavy atom. The second kappa shape index (κ2) is 8.48. The van der Waals surface area contributed by atoms with Crippen LogP contribution in [0.5, 0.6) is 17.2 Å². The molecule has 4 N–H and O–H groups in total. The van der Waals surface area contributed by atoms with Gasteiger partial charge < -0.3 is 30.2 Å². The lowest BCUT2D eigenvalue weighted by atomic mass is 10.2. The molecule has 0 saturated heterocycles. The molecular weight excluding hydrogens is 428 g/mol. The average Bonchev–Trinajstić information content (AvgIpc) is 2.77. The normalized spacial score (nSPS) is 13.4. The fraction of sp³-hybridized carbons (Fsp3) is 0.211. The quantitative estimate of drug-likeness (QED) is 0.513. The highest BCUT2D eigenvalue weighted by atomic mass is 35.5. The number of hydrogen-bond donors (Lipinski definition) is 3. The third kappa shape index (κ3) is 4.36. The number of nitrogens with two attached hydrogens (primary N) is 1. The van der Waals surface area contributed by atoms with Gasteiger partial charge in [-0.3, -0.25) is 4.79 Å². The molecule has 160 valence electrons. The van der Waals surface area contributed by atoms with E-state index in [0.717, 1.165) is 0 Å². The van der Waals surface area contributed by atoms with E-state index < -0.39 is 17.7 Å². The molecule has 0 radical (unpaired) electrons. The van der Waals surface area contributed by atoms with Crippen molar-refractivity contribution in [2.45, 2.75) is 13.0 Å². The number of aromatic nitrogens is 4. The number of hydrogen-bond acceptors (Lipinski definition) is 9. The zero-order valence-corrected chi connectivity index (χ0v) is 17.0. The van der Waals surface area contributed by atoms with Crippen molar-refractivity contribution in [1.82, 2.24) is 25.3 Å². The van der Waals surface area contributed by atoms with Crippen molar-refractivity contribution < 1.29 is 19.0 Å². The van der Waals surface area contributed by atoms with E-state index in [2.05, 4.69) is 25.3 Å². The van der Waals surface area contributed by atoms with E-state index in [1.807, 2.05) is 0 Å². The van der Waals surface area contributed by atoms with Crippen LogP contribution in [0.25, 0.3) is 11.4 Å². The van der Waals surface area contributed by atoms with Crippen LogP contribution in [-0.4, -0.2) is 39.2 Å². The topological polar surface area (TPSA) is 154 Å². The Kier molecular flexibility index (Phi) is 5.58. The molecule has 12 heteroatoms. The summed E-state index contributed by atoms with van der Waals surface area (Å²) in [5.41, 5.74) is 6.50. The highest BCUT2D eigenvalue weighted by molar-refractivity contribution is 6.33. The summed E-state index contributed by atoms with van der Waals surface area (Å²) in [7, 11) is 0. The van der Waals surface area contributed by atoms with Gasteiger partial charge in [-0.25, -0.2) is 19.7 Å². The first-order valence-electron chi connectivity index (χ1n) is 9.16. The number of amides is 1. The van der Waals surface area contributed by atoms with E-state index in [1.165, 1.54) is 24.7 Å². The Morgan fingerprint density at radius 2 is 2.06 bits per heavy atom. The number of benzene rings is 1. The van der Waals surface area contributed by atoms with Gasteiger partial charge in [0.1, 0.15) is 25.4 Å². The molecule has 3 heterocycles. The highest BCUT2D eigenvalue weighted by Gasteiger charge is 2.25. The number of carbonyl (C=O) groups excluding carboxylic acids is 1. The van der Waals surface area contributed by atoms with Gasteiger partial charge in [0.25, 0.3) is 5.56 Å². The van der Waals surface area contributed by atoms with Gasteiger partial charge in [0.15, 0.2) is 11.5 Å². The number of aromatic amines is 1. The predicted octanol–water partition coefficient (Wildman–Crippen LogP) is 2.08. The smallest absolute Gasteiger partial charge is 0.413 e. The van der Waals surface area contributed by atoms with E-state index in [4.69, 9.17) is 31.5 Å². The summed E-state index contributed by atoms with van der Waals surface area (Å²) in [6.07, 6.45) is 2.06. The minimum atomic E-state index is -0.820. The number of nitrogens with one attached hydrogen (secondary N) is 2. The molecule has 4 rings (SSSR count). The maximum atomic E-state index is 12.5. The summed E-state index contributed by atoms with van der Waals surface area (Å²) in [4.78, 5) is 39.4. The summed E-state index contributed by atoms with van der Waals surface area (Å²) in [5.74, 6) is 0.677. The van der Waals surface area contributed by atoms with Crippen LogP contribution in [0, 0.1) is 0 Å². The van der Waals surface area contributed by atoms with Gasteiger partial charge in [0.05, 0.1) is 28.1 Å². The van der Waals surface area contributed by atoms with Crippen LogP contribution in [0.2, 0.25) is 5.02 Å². The lowest BCUT2D eigenvalue weighted by Crippen LogP contribution is -2.32. The maximum absolute atomic E-state index is 12.5. The summed E-state index contributed by atoms with van der Waals surface area (Å²) in [5, 5.41) is 2.75. The number of anilines is 1. The predicted molar refractivity (Wildman–Crippen MR) is 110 cm³/mol. The second-order valence-electron chi connectivity index (χ2n) is 6.49. The molecule has 0 saturated carbocycles. The van der Waals surface area contributed by atoms with E-state index >= 15 is 0 Å². The van der Waals surface area contributed by atoms with Crippen LogP contribution >= 0.6 is 11.6 Å². The van der Waals surface area contributed by atoms with Crippen molar-refractivity contribution in [3.8, 4) is 28.6 Å². The molecule has 1 atom stereocenters. The Morgan fingerprint density at radius 3 is 2.81 bits per heavy atom. The van der Waals surface area contributed by atoms with Gasteiger partial charge in [0, 0.05) is 18.3 Å². The zero-order chi connectivity index (χ0) is 22.0. The molecule has 1 aromatic carbocycles. The third-order valence-electron chi connectivity index (χ3n) is 4.32. The molecule has 0 bridgehead atoms. The van der Waals surface area contributed by atoms with E-state index in [-0.39, 0.29) is 40.4 Å². The van der Waals surface area contributed by atoms with Crippen LogP contribution in [0.15, 0.2) is 35.5 Å². The zero-order valence-electron chi connectivity index (χ0n) is 16.2. The third-order valence-corrected chi connectivity index (χ3v) is 4.63. The first kappa shape index (κ1) is 20.4. The van der Waals surface area contributed by atoms with E-state index in [1.54, 1.807) is 13.0 Å². The molecule has 1 amide bonds. The molecule has 1 unspecified atom stereocenters. The fourth-order valence-electron chi connectivity index (χ4n) is 2.87. The van der Waals surface area contributed by atoms with Crippen molar-refractivity contribution in [2.24, 2.45) is 0 Å². The van der Waals surface area contributed by atoms with Crippen LogP contribution in [-0.2, 0) is 0 Å². The van der Waals surface area contributed by atoms with Gasteiger partial charge in [-0.1, -0.05) is 11.6 Å². The van der Waals surface area contributed by atoms with Crippen molar-refractivity contribution >= 4 is 23.4 Å². The highest BCUT2D eigenvalue weighted by Crippen LogP contribution is 2.47. The summed E-state index contributed by atoms with van der Waals surface area (Å²) >= 11 is 6.10. The summed E-state index contributed by atoms with van der Waals surface area (Å²) in [6.45, 7) is 2.19. The van der Waals surface area contributed by atoms with E-state index in [9.17, 15) is 9.59 Å². The van der Waals surface area contributed by atoms with Crippen LogP contribution < -0.4 is 30.8 Å². The fourth-order valence-corrected chi connectivity index (χ4v) is 3.06. The first-order chi connectivity index (χ1) is 14.9.